The summed E-state index contributed by atoms with van der Waals surface area (Å²) >= 11 is 0. The van der Waals surface area contributed by atoms with E-state index >= 15 is 0 Å². The first-order valence-corrected chi connectivity index (χ1v) is 10.0. The Balaban J connectivity index is 1.90. The van der Waals surface area contributed by atoms with Crippen molar-refractivity contribution in [2.45, 2.75) is 44.8 Å². The highest BCUT2D eigenvalue weighted by atomic mass is 32.2. The summed E-state index contributed by atoms with van der Waals surface area (Å²) in [6, 6.07) is 7.42. The zero-order valence-corrected chi connectivity index (χ0v) is 15.2. The van der Waals surface area contributed by atoms with Crippen molar-refractivity contribution in [2.24, 2.45) is 0 Å². The lowest BCUT2D eigenvalue weighted by Crippen LogP contribution is -2.30. The Labute approximate surface area is 144 Å². The number of methoxy groups -OCH3 is 1. The van der Waals surface area contributed by atoms with E-state index in [-0.39, 0.29) is 18.6 Å². The van der Waals surface area contributed by atoms with Gasteiger partial charge in [-0.1, -0.05) is 19.1 Å². The highest BCUT2D eigenvalue weighted by molar-refractivity contribution is 7.89. The first kappa shape index (κ1) is 19.2. The molecule has 1 N–H and O–H groups in total. The number of ether oxygens (including phenoxy) is 3. The fourth-order valence-electron chi connectivity index (χ4n) is 2.34. The van der Waals surface area contributed by atoms with Crippen LogP contribution in [0.2, 0.25) is 0 Å². The first-order chi connectivity index (χ1) is 11.5. The number of sulfonamides is 1. The minimum atomic E-state index is -3.36. The van der Waals surface area contributed by atoms with Crippen molar-refractivity contribution in [1.29, 1.82) is 0 Å². The van der Waals surface area contributed by atoms with Crippen LogP contribution >= 0.6 is 0 Å². The molecule has 1 aromatic carbocycles. The van der Waals surface area contributed by atoms with Gasteiger partial charge in [-0.2, -0.15) is 0 Å². The van der Waals surface area contributed by atoms with Gasteiger partial charge >= 0.3 is 0 Å². The smallest absolute Gasteiger partial charge is 0.212 e. The maximum Gasteiger partial charge on any atom is 0.212 e. The molecule has 0 bridgehead atoms. The van der Waals surface area contributed by atoms with Crippen LogP contribution in [-0.2, 0) is 19.5 Å². The van der Waals surface area contributed by atoms with Gasteiger partial charge < -0.3 is 14.2 Å². The SMILES string of the molecule is CC[C@@H](NS(=O)(=O)CCCOCOC)c1cccc(OC2CC2)c1. The summed E-state index contributed by atoms with van der Waals surface area (Å²) in [4.78, 5) is 0. The normalized spacial score (nSPS) is 16.1. The zero-order valence-electron chi connectivity index (χ0n) is 14.4. The molecule has 2 rings (SSSR count). The van der Waals surface area contributed by atoms with Gasteiger partial charge in [-0.05, 0) is 43.4 Å². The third-order valence-electron chi connectivity index (χ3n) is 3.72. The van der Waals surface area contributed by atoms with E-state index in [0.717, 1.165) is 24.2 Å². The van der Waals surface area contributed by atoms with Crippen LogP contribution in [0.15, 0.2) is 24.3 Å². The van der Waals surface area contributed by atoms with Gasteiger partial charge in [0.2, 0.25) is 10.0 Å². The quantitative estimate of drug-likeness (QED) is 0.460. The van der Waals surface area contributed by atoms with Crippen LogP contribution in [0.25, 0.3) is 0 Å². The highest BCUT2D eigenvalue weighted by Gasteiger charge is 2.24. The fraction of sp³-hybridized carbons (Fsp3) is 0.647. The summed E-state index contributed by atoms with van der Waals surface area (Å²) < 4.78 is 42.9. The van der Waals surface area contributed by atoms with Crippen molar-refractivity contribution in [2.75, 3.05) is 26.3 Å². The van der Waals surface area contributed by atoms with Gasteiger partial charge in [0.05, 0.1) is 18.5 Å². The lowest BCUT2D eigenvalue weighted by atomic mass is 10.1. The molecule has 0 radical (unpaired) electrons. The van der Waals surface area contributed by atoms with Crippen LogP contribution in [0.5, 0.6) is 5.75 Å². The number of hydrogen-bond acceptors (Lipinski definition) is 5. The molecule has 24 heavy (non-hydrogen) atoms. The lowest BCUT2D eigenvalue weighted by molar-refractivity contribution is -0.0298. The van der Waals surface area contributed by atoms with Crippen molar-refractivity contribution in [3.63, 3.8) is 0 Å². The predicted octanol–water partition coefficient (Wildman–Crippen LogP) is 2.61. The van der Waals surface area contributed by atoms with Crippen LogP contribution in [0.4, 0.5) is 0 Å². The van der Waals surface area contributed by atoms with Gasteiger partial charge in [-0.15, -0.1) is 0 Å². The molecule has 0 unspecified atom stereocenters. The van der Waals surface area contributed by atoms with Crippen LogP contribution in [-0.4, -0.2) is 40.8 Å². The summed E-state index contributed by atoms with van der Waals surface area (Å²) in [6.07, 6.45) is 3.62. The Bertz CT molecular complexity index is 601. The van der Waals surface area contributed by atoms with Crippen molar-refractivity contribution in [3.8, 4) is 5.75 Å². The van der Waals surface area contributed by atoms with E-state index < -0.39 is 10.0 Å². The van der Waals surface area contributed by atoms with E-state index in [0.29, 0.717) is 25.6 Å². The molecule has 6 nitrogen and oxygen atoms in total. The Kier molecular flexibility index (Phi) is 7.48. The van der Waals surface area contributed by atoms with E-state index in [1.165, 1.54) is 7.11 Å². The zero-order chi connectivity index (χ0) is 17.4. The second kappa shape index (κ2) is 9.36. The van der Waals surface area contributed by atoms with E-state index in [1.807, 2.05) is 31.2 Å². The van der Waals surface area contributed by atoms with Gasteiger partial charge in [0, 0.05) is 13.2 Å². The van der Waals surface area contributed by atoms with Crippen LogP contribution in [0.3, 0.4) is 0 Å². The minimum absolute atomic E-state index is 0.0332. The van der Waals surface area contributed by atoms with Crippen LogP contribution in [0.1, 0.15) is 44.2 Å². The molecule has 1 aromatic rings. The topological polar surface area (TPSA) is 73.9 Å². The lowest BCUT2D eigenvalue weighted by Gasteiger charge is -2.18. The van der Waals surface area contributed by atoms with Crippen LogP contribution in [0, 0.1) is 0 Å². The molecule has 0 heterocycles. The number of benzene rings is 1. The molecule has 1 aliphatic carbocycles. The van der Waals surface area contributed by atoms with Crippen molar-refractivity contribution in [1.82, 2.24) is 4.72 Å². The van der Waals surface area contributed by atoms with Crippen molar-refractivity contribution in [3.05, 3.63) is 29.8 Å². The highest BCUT2D eigenvalue weighted by Crippen LogP contribution is 2.29. The third-order valence-corrected chi connectivity index (χ3v) is 5.19. The van der Waals surface area contributed by atoms with Gasteiger partial charge in [0.1, 0.15) is 12.5 Å². The molecule has 1 aliphatic rings. The van der Waals surface area contributed by atoms with E-state index in [2.05, 4.69) is 4.72 Å². The predicted molar refractivity (Wildman–Crippen MR) is 92.5 cm³/mol. The molecule has 0 aliphatic heterocycles. The molecule has 0 spiro atoms. The second-order valence-corrected chi connectivity index (χ2v) is 7.83. The summed E-state index contributed by atoms with van der Waals surface area (Å²) in [5, 5.41) is 0. The number of hydrogen-bond donors (Lipinski definition) is 1. The van der Waals surface area contributed by atoms with Gasteiger partial charge in [-0.25, -0.2) is 13.1 Å². The van der Waals surface area contributed by atoms with Gasteiger partial charge in [0.15, 0.2) is 0 Å². The van der Waals surface area contributed by atoms with Gasteiger partial charge in [-0.3, -0.25) is 0 Å². The molecular formula is C17H27NO5S. The van der Waals surface area contributed by atoms with E-state index in [4.69, 9.17) is 14.2 Å². The summed E-state index contributed by atoms with van der Waals surface area (Å²) in [7, 11) is -1.83. The maximum atomic E-state index is 12.2. The Morgan fingerprint density at radius 3 is 2.79 bits per heavy atom. The number of rotatable bonds is 12. The average molecular weight is 357 g/mol. The molecule has 1 fully saturated rings. The second-order valence-electron chi connectivity index (χ2n) is 5.96. The van der Waals surface area contributed by atoms with Gasteiger partial charge in [0.25, 0.3) is 0 Å². The molecule has 7 heteroatoms. The largest absolute Gasteiger partial charge is 0.490 e. The third kappa shape index (κ3) is 6.76. The molecule has 136 valence electrons. The average Bonchev–Trinajstić information content (AvgIpc) is 3.36. The molecule has 1 saturated carbocycles. The summed E-state index contributed by atoms with van der Waals surface area (Å²) in [5.41, 5.74) is 0.926. The Morgan fingerprint density at radius 2 is 2.12 bits per heavy atom. The standard InChI is InChI=1S/C17H27NO5S/c1-3-17(18-24(19,20)11-5-10-22-13-21-2)14-6-4-7-16(12-14)23-15-8-9-15/h4,6-7,12,15,17-18H,3,5,8-11,13H2,1-2H3/t17-/m1/s1. The fourth-order valence-corrected chi connectivity index (χ4v) is 3.69. The maximum absolute atomic E-state index is 12.2. The van der Waals surface area contributed by atoms with E-state index in [9.17, 15) is 8.42 Å². The van der Waals surface area contributed by atoms with E-state index in [1.54, 1.807) is 0 Å². The summed E-state index contributed by atoms with van der Waals surface area (Å²) in [5.74, 6) is 0.839. The van der Waals surface area contributed by atoms with Crippen molar-refractivity contribution >= 4 is 10.0 Å². The first-order valence-electron chi connectivity index (χ1n) is 8.37. The number of nitrogens with one attached hydrogen (secondary N) is 1. The molecule has 0 amide bonds. The molecular weight excluding hydrogens is 330 g/mol. The molecule has 0 aromatic heterocycles. The molecule has 0 saturated heterocycles. The Morgan fingerprint density at radius 1 is 1.33 bits per heavy atom. The Hall–Kier alpha value is -1.15. The van der Waals surface area contributed by atoms with Crippen molar-refractivity contribution < 1.29 is 22.6 Å². The van der Waals surface area contributed by atoms with Crippen LogP contribution < -0.4 is 9.46 Å². The minimum Gasteiger partial charge on any atom is -0.490 e. The summed E-state index contributed by atoms with van der Waals surface area (Å²) in [6.45, 7) is 2.50. The molecule has 1 atom stereocenters. The monoisotopic (exact) mass is 357 g/mol.